The third-order valence-corrected chi connectivity index (χ3v) is 3.14. The van der Waals surface area contributed by atoms with E-state index in [1.54, 1.807) is 12.1 Å². The molecule has 15 heavy (non-hydrogen) atoms. The van der Waals surface area contributed by atoms with Crippen LogP contribution in [0.3, 0.4) is 0 Å². The van der Waals surface area contributed by atoms with E-state index in [1.165, 1.54) is 6.42 Å². The van der Waals surface area contributed by atoms with Gasteiger partial charge >= 0.3 is 0 Å². The van der Waals surface area contributed by atoms with Gasteiger partial charge in [0.25, 0.3) is 0 Å². The molecule has 1 aliphatic rings. The van der Waals surface area contributed by atoms with Gasteiger partial charge in [0.15, 0.2) is 0 Å². The molecule has 0 saturated carbocycles. The van der Waals surface area contributed by atoms with Crippen molar-refractivity contribution >= 4 is 0 Å². The molecule has 0 aromatic heterocycles. The molecule has 0 unspecified atom stereocenters. The molecule has 1 aromatic rings. The van der Waals surface area contributed by atoms with Crippen molar-refractivity contribution in [3.05, 3.63) is 35.6 Å². The Morgan fingerprint density at radius 2 is 2.07 bits per heavy atom. The Bertz CT molecular complexity index is 346. The van der Waals surface area contributed by atoms with E-state index >= 15 is 0 Å². The molecule has 0 aliphatic carbocycles. The van der Waals surface area contributed by atoms with Crippen molar-refractivity contribution in [1.82, 2.24) is 5.32 Å². The SMILES string of the molecule is CC1(C)CCC[C@@H](c2ccccc2F)N1. The first-order valence-electron chi connectivity index (χ1n) is 5.61. The molecule has 1 saturated heterocycles. The van der Waals surface area contributed by atoms with Gasteiger partial charge in [-0.25, -0.2) is 4.39 Å². The third-order valence-electron chi connectivity index (χ3n) is 3.14. The topological polar surface area (TPSA) is 12.0 Å². The lowest BCUT2D eigenvalue weighted by Gasteiger charge is -2.37. The van der Waals surface area contributed by atoms with E-state index in [-0.39, 0.29) is 17.4 Å². The van der Waals surface area contributed by atoms with Crippen LogP contribution in [0.4, 0.5) is 4.39 Å². The zero-order valence-corrected chi connectivity index (χ0v) is 9.39. The number of benzene rings is 1. The number of halogens is 1. The molecule has 0 amide bonds. The van der Waals surface area contributed by atoms with Crippen LogP contribution in [0.15, 0.2) is 24.3 Å². The minimum Gasteiger partial charge on any atom is -0.305 e. The van der Waals surface area contributed by atoms with E-state index < -0.39 is 0 Å². The monoisotopic (exact) mass is 207 g/mol. The summed E-state index contributed by atoms with van der Waals surface area (Å²) in [6, 6.07) is 7.25. The Morgan fingerprint density at radius 1 is 1.33 bits per heavy atom. The van der Waals surface area contributed by atoms with Crippen molar-refractivity contribution < 1.29 is 4.39 Å². The van der Waals surface area contributed by atoms with Crippen LogP contribution in [0.2, 0.25) is 0 Å². The van der Waals surface area contributed by atoms with Gasteiger partial charge in [-0.2, -0.15) is 0 Å². The zero-order valence-electron chi connectivity index (χ0n) is 9.39. The highest BCUT2D eigenvalue weighted by atomic mass is 19.1. The van der Waals surface area contributed by atoms with Crippen molar-refractivity contribution in [3.63, 3.8) is 0 Å². The van der Waals surface area contributed by atoms with Crippen LogP contribution < -0.4 is 5.32 Å². The standard InChI is InChI=1S/C13H18FN/c1-13(2)9-5-8-12(15-13)10-6-3-4-7-11(10)14/h3-4,6-7,12,15H,5,8-9H2,1-2H3/t12-/m0/s1. The average Bonchev–Trinajstić information content (AvgIpc) is 2.17. The molecule has 0 bridgehead atoms. The van der Waals surface area contributed by atoms with Crippen molar-refractivity contribution in [1.29, 1.82) is 0 Å². The third kappa shape index (κ3) is 2.37. The minimum absolute atomic E-state index is 0.0901. The predicted molar refractivity (Wildman–Crippen MR) is 60.2 cm³/mol. The molecule has 0 radical (unpaired) electrons. The number of piperidine rings is 1. The first-order valence-corrected chi connectivity index (χ1v) is 5.61. The van der Waals surface area contributed by atoms with Gasteiger partial charge in [-0.15, -0.1) is 0 Å². The number of hydrogen-bond donors (Lipinski definition) is 1. The summed E-state index contributed by atoms with van der Waals surface area (Å²) in [5, 5.41) is 3.51. The molecular weight excluding hydrogens is 189 g/mol. The van der Waals surface area contributed by atoms with Gasteiger partial charge in [-0.1, -0.05) is 18.2 Å². The van der Waals surface area contributed by atoms with Crippen LogP contribution in [0.5, 0.6) is 0 Å². The van der Waals surface area contributed by atoms with Crippen molar-refractivity contribution in [3.8, 4) is 0 Å². The second-order valence-electron chi connectivity index (χ2n) is 4.99. The van der Waals surface area contributed by atoms with Gasteiger partial charge < -0.3 is 5.32 Å². The van der Waals surface area contributed by atoms with Crippen molar-refractivity contribution in [2.45, 2.75) is 44.7 Å². The summed E-state index contributed by atoms with van der Waals surface area (Å²) in [5.41, 5.74) is 0.941. The smallest absolute Gasteiger partial charge is 0.127 e. The lowest BCUT2D eigenvalue weighted by Crippen LogP contribution is -2.45. The molecule has 1 N–H and O–H groups in total. The van der Waals surface area contributed by atoms with Gasteiger partial charge in [-0.05, 0) is 39.2 Å². The second-order valence-corrected chi connectivity index (χ2v) is 4.99. The highest BCUT2D eigenvalue weighted by molar-refractivity contribution is 5.22. The molecule has 1 nitrogen and oxygen atoms in total. The second kappa shape index (κ2) is 3.93. The Hall–Kier alpha value is -0.890. The summed E-state index contributed by atoms with van der Waals surface area (Å²) in [6.45, 7) is 4.36. The molecule has 82 valence electrons. The van der Waals surface area contributed by atoms with E-state index in [1.807, 2.05) is 12.1 Å². The number of hydrogen-bond acceptors (Lipinski definition) is 1. The van der Waals surface area contributed by atoms with Crippen molar-refractivity contribution in [2.24, 2.45) is 0 Å². The Balaban J connectivity index is 2.21. The Labute approximate surface area is 90.7 Å². The van der Waals surface area contributed by atoms with E-state index in [0.717, 1.165) is 18.4 Å². The zero-order chi connectivity index (χ0) is 10.9. The molecular formula is C13H18FN. The van der Waals surface area contributed by atoms with Gasteiger partial charge in [-0.3, -0.25) is 0 Å². The maximum Gasteiger partial charge on any atom is 0.127 e. The van der Waals surface area contributed by atoms with Crippen LogP contribution in [0.25, 0.3) is 0 Å². The molecule has 1 aromatic carbocycles. The fourth-order valence-electron chi connectivity index (χ4n) is 2.36. The highest BCUT2D eigenvalue weighted by Crippen LogP contribution is 2.31. The van der Waals surface area contributed by atoms with Gasteiger partial charge in [0.05, 0.1) is 0 Å². The molecule has 2 rings (SSSR count). The van der Waals surface area contributed by atoms with Crippen molar-refractivity contribution in [2.75, 3.05) is 0 Å². The average molecular weight is 207 g/mol. The fourth-order valence-corrected chi connectivity index (χ4v) is 2.36. The number of nitrogens with one attached hydrogen (secondary N) is 1. The lowest BCUT2D eigenvalue weighted by atomic mass is 9.86. The summed E-state index contributed by atoms with van der Waals surface area (Å²) in [4.78, 5) is 0. The Kier molecular flexibility index (Phi) is 2.79. The van der Waals surface area contributed by atoms with Gasteiger partial charge in [0, 0.05) is 17.1 Å². The van der Waals surface area contributed by atoms with E-state index in [0.29, 0.717) is 0 Å². The summed E-state index contributed by atoms with van der Waals surface area (Å²) in [5.74, 6) is -0.0901. The predicted octanol–water partition coefficient (Wildman–Crippen LogP) is 3.42. The van der Waals surface area contributed by atoms with Crippen LogP contribution >= 0.6 is 0 Å². The van der Waals surface area contributed by atoms with Crippen LogP contribution in [-0.4, -0.2) is 5.54 Å². The van der Waals surface area contributed by atoms with Crippen LogP contribution in [-0.2, 0) is 0 Å². The molecule has 2 heteroatoms. The molecule has 0 spiro atoms. The van der Waals surface area contributed by atoms with E-state index in [2.05, 4.69) is 19.2 Å². The first kappa shape index (κ1) is 10.6. The summed E-state index contributed by atoms with van der Waals surface area (Å²) in [7, 11) is 0. The minimum atomic E-state index is -0.0901. The maximum absolute atomic E-state index is 13.6. The van der Waals surface area contributed by atoms with Gasteiger partial charge in [0.2, 0.25) is 0 Å². The Morgan fingerprint density at radius 3 is 2.73 bits per heavy atom. The quantitative estimate of drug-likeness (QED) is 0.744. The first-order chi connectivity index (χ1) is 7.08. The molecule has 1 atom stereocenters. The number of rotatable bonds is 1. The van der Waals surface area contributed by atoms with Gasteiger partial charge in [0.1, 0.15) is 5.82 Å². The highest BCUT2D eigenvalue weighted by Gasteiger charge is 2.28. The summed E-state index contributed by atoms with van der Waals surface area (Å²) < 4.78 is 13.6. The molecule has 1 fully saturated rings. The lowest BCUT2D eigenvalue weighted by molar-refractivity contribution is 0.242. The van der Waals surface area contributed by atoms with Crippen LogP contribution in [0.1, 0.15) is 44.7 Å². The fraction of sp³-hybridized carbons (Fsp3) is 0.538. The summed E-state index contributed by atoms with van der Waals surface area (Å²) >= 11 is 0. The molecule has 1 heterocycles. The maximum atomic E-state index is 13.6. The normalized spacial score (nSPS) is 25.1. The van der Waals surface area contributed by atoms with E-state index in [9.17, 15) is 4.39 Å². The largest absolute Gasteiger partial charge is 0.305 e. The molecule has 1 aliphatic heterocycles. The summed E-state index contributed by atoms with van der Waals surface area (Å²) in [6.07, 6.45) is 3.36. The van der Waals surface area contributed by atoms with E-state index in [4.69, 9.17) is 0 Å². The van der Waals surface area contributed by atoms with Crippen LogP contribution in [0, 0.1) is 5.82 Å².